The molecule has 0 saturated carbocycles. The zero-order chi connectivity index (χ0) is 9.97. The predicted octanol–water partition coefficient (Wildman–Crippen LogP) is -0.383. The van der Waals surface area contributed by atoms with Crippen LogP contribution in [0.1, 0.15) is 0 Å². The van der Waals surface area contributed by atoms with Gasteiger partial charge in [0.05, 0.1) is 13.2 Å². The summed E-state index contributed by atoms with van der Waals surface area (Å²) < 4.78 is 6.81. The first-order chi connectivity index (χ1) is 6.79. The van der Waals surface area contributed by atoms with Crippen molar-refractivity contribution >= 4 is 5.82 Å². The van der Waals surface area contributed by atoms with Crippen LogP contribution in [0.4, 0.5) is 5.82 Å². The summed E-state index contributed by atoms with van der Waals surface area (Å²) in [5.74, 6) is 0.910. The van der Waals surface area contributed by atoms with Crippen LogP contribution in [0.2, 0.25) is 0 Å². The minimum absolute atomic E-state index is 0.214. The summed E-state index contributed by atoms with van der Waals surface area (Å²) in [5, 5.41) is 0. The summed E-state index contributed by atoms with van der Waals surface area (Å²) in [7, 11) is 1.74. The number of ether oxygens (including phenoxy) is 1. The Morgan fingerprint density at radius 1 is 1.43 bits per heavy atom. The molecule has 0 aliphatic carbocycles. The number of nitrogens with zero attached hydrogens (tertiary/aromatic N) is 3. The molecular formula is C9H13N3O2. The molecule has 14 heavy (non-hydrogen) atoms. The molecule has 76 valence electrons. The Bertz CT molecular complexity index is 369. The topological polar surface area (TPSA) is 47.4 Å². The van der Waals surface area contributed by atoms with E-state index in [0.29, 0.717) is 0 Å². The van der Waals surface area contributed by atoms with Gasteiger partial charge in [0.2, 0.25) is 0 Å². The number of aromatic nitrogens is 2. The van der Waals surface area contributed by atoms with Crippen molar-refractivity contribution in [2.45, 2.75) is 0 Å². The Hall–Kier alpha value is -1.36. The van der Waals surface area contributed by atoms with Crippen molar-refractivity contribution in [1.82, 2.24) is 9.55 Å². The highest BCUT2D eigenvalue weighted by Crippen LogP contribution is 2.11. The first-order valence-corrected chi connectivity index (χ1v) is 4.64. The smallest absolute Gasteiger partial charge is 0.348 e. The van der Waals surface area contributed by atoms with Crippen LogP contribution in [0, 0.1) is 0 Å². The molecule has 0 spiro atoms. The highest BCUT2D eigenvalue weighted by molar-refractivity contribution is 5.38. The Morgan fingerprint density at radius 3 is 2.86 bits per heavy atom. The maximum absolute atomic E-state index is 11.3. The molecule has 0 N–H and O–H groups in total. The van der Waals surface area contributed by atoms with Crippen molar-refractivity contribution in [1.29, 1.82) is 0 Å². The zero-order valence-corrected chi connectivity index (χ0v) is 8.14. The third-order valence-corrected chi connectivity index (χ3v) is 2.37. The minimum Gasteiger partial charge on any atom is -0.378 e. The van der Waals surface area contributed by atoms with E-state index in [0.717, 1.165) is 32.1 Å². The van der Waals surface area contributed by atoms with Crippen LogP contribution in [0.5, 0.6) is 0 Å². The molecule has 2 rings (SSSR count). The van der Waals surface area contributed by atoms with Crippen molar-refractivity contribution in [2.24, 2.45) is 7.05 Å². The van der Waals surface area contributed by atoms with Gasteiger partial charge in [0.15, 0.2) is 0 Å². The Labute approximate surface area is 81.9 Å². The van der Waals surface area contributed by atoms with Crippen LogP contribution in [-0.4, -0.2) is 35.9 Å². The van der Waals surface area contributed by atoms with Gasteiger partial charge >= 0.3 is 5.69 Å². The summed E-state index contributed by atoms with van der Waals surface area (Å²) in [5.41, 5.74) is -0.214. The van der Waals surface area contributed by atoms with Crippen LogP contribution in [0.25, 0.3) is 0 Å². The monoisotopic (exact) mass is 195 g/mol. The maximum atomic E-state index is 11.3. The van der Waals surface area contributed by atoms with E-state index in [4.69, 9.17) is 4.74 Å². The molecule has 1 fully saturated rings. The second kappa shape index (κ2) is 3.79. The Kier molecular flexibility index (Phi) is 2.49. The molecule has 0 unspecified atom stereocenters. The molecule has 0 aromatic carbocycles. The second-order valence-corrected chi connectivity index (χ2v) is 3.24. The van der Waals surface area contributed by atoms with E-state index in [2.05, 4.69) is 9.88 Å². The van der Waals surface area contributed by atoms with Crippen molar-refractivity contribution < 1.29 is 4.74 Å². The Morgan fingerprint density at radius 2 is 2.14 bits per heavy atom. The van der Waals surface area contributed by atoms with Crippen LogP contribution >= 0.6 is 0 Å². The molecule has 1 aliphatic rings. The minimum atomic E-state index is -0.214. The van der Waals surface area contributed by atoms with Crippen molar-refractivity contribution in [3.8, 4) is 0 Å². The second-order valence-electron chi connectivity index (χ2n) is 3.24. The van der Waals surface area contributed by atoms with E-state index in [-0.39, 0.29) is 5.69 Å². The van der Waals surface area contributed by atoms with Gasteiger partial charge in [0.25, 0.3) is 0 Å². The van der Waals surface area contributed by atoms with Crippen LogP contribution in [0.15, 0.2) is 17.1 Å². The number of anilines is 1. The fourth-order valence-corrected chi connectivity index (χ4v) is 1.57. The van der Waals surface area contributed by atoms with Crippen molar-refractivity contribution in [2.75, 3.05) is 31.2 Å². The first kappa shape index (κ1) is 9.21. The third kappa shape index (κ3) is 1.63. The number of morpholine rings is 1. The quantitative estimate of drug-likeness (QED) is 0.612. The van der Waals surface area contributed by atoms with Gasteiger partial charge in [0, 0.05) is 26.3 Å². The van der Waals surface area contributed by atoms with E-state index in [1.165, 1.54) is 0 Å². The number of hydrogen-bond acceptors (Lipinski definition) is 4. The molecule has 1 aliphatic heterocycles. The third-order valence-electron chi connectivity index (χ3n) is 2.37. The molecule has 2 heterocycles. The molecule has 5 nitrogen and oxygen atoms in total. The number of hydrogen-bond donors (Lipinski definition) is 0. The molecule has 0 amide bonds. The fraction of sp³-hybridized carbons (Fsp3) is 0.556. The normalized spacial score (nSPS) is 17.1. The van der Waals surface area contributed by atoms with Gasteiger partial charge in [-0.25, -0.2) is 9.78 Å². The largest absolute Gasteiger partial charge is 0.378 e. The van der Waals surface area contributed by atoms with Crippen molar-refractivity contribution in [3.63, 3.8) is 0 Å². The lowest BCUT2D eigenvalue weighted by Gasteiger charge is -2.29. The molecule has 5 heteroatoms. The van der Waals surface area contributed by atoms with Gasteiger partial charge in [0.1, 0.15) is 5.82 Å². The molecule has 1 saturated heterocycles. The molecule has 1 aromatic rings. The lowest BCUT2D eigenvalue weighted by atomic mass is 10.4. The van der Waals surface area contributed by atoms with Gasteiger partial charge in [-0.1, -0.05) is 0 Å². The van der Waals surface area contributed by atoms with Crippen LogP contribution in [-0.2, 0) is 11.8 Å². The lowest BCUT2D eigenvalue weighted by Crippen LogP contribution is -2.39. The van der Waals surface area contributed by atoms with E-state index in [1.807, 2.05) is 6.07 Å². The van der Waals surface area contributed by atoms with E-state index in [9.17, 15) is 4.79 Å². The first-order valence-electron chi connectivity index (χ1n) is 4.64. The van der Waals surface area contributed by atoms with E-state index >= 15 is 0 Å². The predicted molar refractivity (Wildman–Crippen MR) is 52.5 cm³/mol. The summed E-state index contributed by atoms with van der Waals surface area (Å²) >= 11 is 0. The summed E-state index contributed by atoms with van der Waals surface area (Å²) in [6.45, 7) is 3.10. The summed E-state index contributed by atoms with van der Waals surface area (Å²) in [6, 6.07) is 1.85. The summed E-state index contributed by atoms with van der Waals surface area (Å²) in [4.78, 5) is 17.1. The highest BCUT2D eigenvalue weighted by atomic mass is 16.5. The molecule has 0 atom stereocenters. The molecule has 1 aromatic heterocycles. The van der Waals surface area contributed by atoms with Crippen LogP contribution in [0.3, 0.4) is 0 Å². The average Bonchev–Trinajstić information content (AvgIpc) is 2.23. The van der Waals surface area contributed by atoms with Gasteiger partial charge in [-0.2, -0.15) is 0 Å². The highest BCUT2D eigenvalue weighted by Gasteiger charge is 2.13. The van der Waals surface area contributed by atoms with Crippen LogP contribution < -0.4 is 10.6 Å². The number of rotatable bonds is 1. The SMILES string of the molecule is Cn1c(N2CCOCC2)ccnc1=O. The molecule has 0 bridgehead atoms. The van der Waals surface area contributed by atoms with Gasteiger partial charge in [-0.05, 0) is 6.07 Å². The lowest BCUT2D eigenvalue weighted by molar-refractivity contribution is 0.122. The standard InChI is InChI=1S/C9H13N3O2/c1-11-8(2-3-10-9(11)13)12-4-6-14-7-5-12/h2-3H,4-7H2,1H3. The van der Waals surface area contributed by atoms with Gasteiger partial charge < -0.3 is 9.64 Å². The van der Waals surface area contributed by atoms with E-state index in [1.54, 1.807) is 17.8 Å². The summed E-state index contributed by atoms with van der Waals surface area (Å²) in [6.07, 6.45) is 1.55. The molecule has 0 radical (unpaired) electrons. The van der Waals surface area contributed by atoms with E-state index < -0.39 is 0 Å². The zero-order valence-electron chi connectivity index (χ0n) is 8.14. The van der Waals surface area contributed by atoms with Gasteiger partial charge in [-0.15, -0.1) is 0 Å². The average molecular weight is 195 g/mol. The fourth-order valence-electron chi connectivity index (χ4n) is 1.57. The molecular weight excluding hydrogens is 182 g/mol. The van der Waals surface area contributed by atoms with Crippen molar-refractivity contribution in [3.05, 3.63) is 22.7 Å². The maximum Gasteiger partial charge on any atom is 0.348 e. The van der Waals surface area contributed by atoms with Gasteiger partial charge in [-0.3, -0.25) is 4.57 Å². The Balaban J connectivity index is 2.30.